The molecule has 3 nitrogen and oxygen atoms in total. The van der Waals surface area contributed by atoms with Gasteiger partial charge in [-0.15, -0.1) is 0 Å². The molecule has 0 aromatic heterocycles. The number of carboxylic acid groups (broad SMARTS) is 1. The largest absolute Gasteiger partial charge is 0.477 e. The lowest BCUT2D eigenvalue weighted by atomic mass is 9.98. The zero-order chi connectivity index (χ0) is 13.9. The number of aliphatic carboxylic acids is 1. The monoisotopic (exact) mass is 267 g/mol. The van der Waals surface area contributed by atoms with Crippen molar-refractivity contribution in [1.29, 1.82) is 0 Å². The first-order valence-electron chi connectivity index (χ1n) is 7.90. The van der Waals surface area contributed by atoms with Crippen molar-refractivity contribution >= 4 is 5.97 Å². The molecule has 0 atom stereocenters. The maximum atomic E-state index is 11.1. The molecule has 110 valence electrons. The molecule has 1 fully saturated rings. The summed E-state index contributed by atoms with van der Waals surface area (Å²) >= 11 is 0. The van der Waals surface area contributed by atoms with E-state index in [2.05, 4.69) is 5.32 Å². The summed E-state index contributed by atoms with van der Waals surface area (Å²) in [5.74, 6) is -0.839. The van der Waals surface area contributed by atoms with E-state index in [4.69, 9.17) is 5.11 Å². The van der Waals surface area contributed by atoms with Crippen LogP contribution in [0, 0.1) is 0 Å². The van der Waals surface area contributed by atoms with Crippen LogP contribution in [0.1, 0.15) is 77.6 Å². The van der Waals surface area contributed by atoms with Gasteiger partial charge < -0.3 is 10.4 Å². The van der Waals surface area contributed by atoms with Gasteiger partial charge in [-0.25, -0.2) is 4.79 Å². The maximum absolute atomic E-state index is 11.1. The van der Waals surface area contributed by atoms with Gasteiger partial charge in [0.25, 0.3) is 0 Å². The molecule has 1 aliphatic carbocycles. The van der Waals surface area contributed by atoms with Gasteiger partial charge in [-0.2, -0.15) is 0 Å². The van der Waals surface area contributed by atoms with Crippen molar-refractivity contribution in [2.45, 2.75) is 83.6 Å². The van der Waals surface area contributed by atoms with Crippen molar-refractivity contribution in [1.82, 2.24) is 5.32 Å². The topological polar surface area (TPSA) is 49.3 Å². The molecule has 0 heterocycles. The normalized spacial score (nSPS) is 21.2. The Hall–Kier alpha value is -0.990. The zero-order valence-electron chi connectivity index (χ0n) is 12.3. The second-order valence-electron chi connectivity index (χ2n) is 5.61. The van der Waals surface area contributed by atoms with E-state index < -0.39 is 5.97 Å². The molecule has 19 heavy (non-hydrogen) atoms. The minimum atomic E-state index is -0.839. The average Bonchev–Trinajstić information content (AvgIpc) is 2.37. The van der Waals surface area contributed by atoms with Crippen LogP contribution in [-0.4, -0.2) is 17.1 Å². The quantitative estimate of drug-likeness (QED) is 0.752. The van der Waals surface area contributed by atoms with E-state index in [9.17, 15) is 4.79 Å². The van der Waals surface area contributed by atoms with Gasteiger partial charge in [-0.05, 0) is 19.8 Å². The summed E-state index contributed by atoms with van der Waals surface area (Å²) in [6.45, 7) is 1.78. The van der Waals surface area contributed by atoms with E-state index in [1.54, 1.807) is 13.0 Å². The van der Waals surface area contributed by atoms with Crippen LogP contribution in [-0.2, 0) is 4.79 Å². The van der Waals surface area contributed by atoms with Gasteiger partial charge in [0.1, 0.15) is 5.70 Å². The Labute approximate surface area is 117 Å². The van der Waals surface area contributed by atoms with Gasteiger partial charge in [-0.1, -0.05) is 63.9 Å². The molecule has 1 rings (SSSR count). The second kappa shape index (κ2) is 9.88. The molecule has 0 unspecified atom stereocenters. The van der Waals surface area contributed by atoms with Crippen molar-refractivity contribution in [3.05, 3.63) is 11.8 Å². The van der Waals surface area contributed by atoms with Gasteiger partial charge in [0.2, 0.25) is 0 Å². The average molecular weight is 267 g/mol. The summed E-state index contributed by atoms with van der Waals surface area (Å²) in [6, 6.07) is 0.335. The number of rotatable bonds is 3. The summed E-state index contributed by atoms with van der Waals surface area (Å²) in [7, 11) is 0. The number of hydrogen-bond donors (Lipinski definition) is 2. The fourth-order valence-electron chi connectivity index (χ4n) is 2.80. The van der Waals surface area contributed by atoms with Crippen LogP contribution in [0.4, 0.5) is 0 Å². The van der Waals surface area contributed by atoms with Gasteiger partial charge in [-0.3, -0.25) is 0 Å². The minimum Gasteiger partial charge on any atom is -0.477 e. The number of hydrogen-bond acceptors (Lipinski definition) is 2. The molecule has 0 aliphatic heterocycles. The van der Waals surface area contributed by atoms with E-state index >= 15 is 0 Å². The summed E-state index contributed by atoms with van der Waals surface area (Å²) < 4.78 is 0. The van der Waals surface area contributed by atoms with Crippen molar-refractivity contribution in [2.24, 2.45) is 0 Å². The van der Waals surface area contributed by atoms with Crippen molar-refractivity contribution < 1.29 is 9.90 Å². The van der Waals surface area contributed by atoms with Crippen LogP contribution in [0.5, 0.6) is 0 Å². The van der Waals surface area contributed by atoms with Gasteiger partial charge in [0.05, 0.1) is 0 Å². The summed E-state index contributed by atoms with van der Waals surface area (Å²) in [5, 5.41) is 12.3. The first kappa shape index (κ1) is 16.1. The molecule has 0 aromatic carbocycles. The van der Waals surface area contributed by atoms with Gasteiger partial charge in [0.15, 0.2) is 0 Å². The predicted octanol–water partition coefficient (Wildman–Crippen LogP) is 4.24. The molecule has 1 saturated carbocycles. The Morgan fingerprint density at radius 1 is 0.947 bits per heavy atom. The van der Waals surface area contributed by atoms with E-state index in [-0.39, 0.29) is 0 Å². The molecular weight excluding hydrogens is 238 g/mol. The molecule has 1 aliphatic rings. The Balaban J connectivity index is 2.44. The Morgan fingerprint density at radius 3 is 1.74 bits per heavy atom. The molecule has 0 radical (unpaired) electrons. The van der Waals surface area contributed by atoms with E-state index in [1.165, 1.54) is 57.8 Å². The van der Waals surface area contributed by atoms with Crippen LogP contribution in [0.2, 0.25) is 0 Å². The highest BCUT2D eigenvalue weighted by molar-refractivity contribution is 5.85. The minimum absolute atomic E-state index is 0.335. The third kappa shape index (κ3) is 7.24. The van der Waals surface area contributed by atoms with Crippen LogP contribution in [0.15, 0.2) is 11.8 Å². The van der Waals surface area contributed by atoms with Gasteiger partial charge >= 0.3 is 5.97 Å². The zero-order valence-corrected chi connectivity index (χ0v) is 12.3. The number of allylic oxidation sites excluding steroid dienone is 1. The predicted molar refractivity (Wildman–Crippen MR) is 79.1 cm³/mol. The Kier molecular flexibility index (Phi) is 8.35. The lowest BCUT2D eigenvalue weighted by Crippen LogP contribution is -2.31. The first-order chi connectivity index (χ1) is 9.24. The van der Waals surface area contributed by atoms with E-state index in [0.29, 0.717) is 11.7 Å². The van der Waals surface area contributed by atoms with Crippen LogP contribution >= 0.6 is 0 Å². The summed E-state index contributed by atoms with van der Waals surface area (Å²) in [6.07, 6.45) is 15.7. The summed E-state index contributed by atoms with van der Waals surface area (Å²) in [4.78, 5) is 11.1. The molecule has 0 spiro atoms. The van der Waals surface area contributed by atoms with Crippen LogP contribution < -0.4 is 5.32 Å². The molecule has 0 bridgehead atoms. The molecule has 0 aromatic rings. The van der Waals surface area contributed by atoms with E-state index in [1.807, 2.05) is 0 Å². The van der Waals surface area contributed by atoms with Crippen molar-refractivity contribution in [3.63, 3.8) is 0 Å². The van der Waals surface area contributed by atoms with E-state index in [0.717, 1.165) is 12.8 Å². The molecule has 0 saturated heterocycles. The maximum Gasteiger partial charge on any atom is 0.351 e. The fourth-order valence-corrected chi connectivity index (χ4v) is 2.80. The highest BCUT2D eigenvalue weighted by Crippen LogP contribution is 2.17. The Bertz CT molecular complexity index is 274. The van der Waals surface area contributed by atoms with Crippen molar-refractivity contribution in [3.8, 4) is 0 Å². The molecule has 0 amide bonds. The third-order valence-corrected chi connectivity index (χ3v) is 3.98. The SMILES string of the molecule is CC=C(NC1CCCCCCCCCCC1)C(=O)O. The molecule has 3 heteroatoms. The standard InChI is InChI=1S/C16H29NO2/c1-2-15(16(18)19)17-14-12-10-8-6-4-3-5-7-9-11-13-14/h2,14,17H,3-13H2,1H3,(H,18,19). The third-order valence-electron chi connectivity index (χ3n) is 3.98. The highest BCUT2D eigenvalue weighted by atomic mass is 16.4. The lowest BCUT2D eigenvalue weighted by Gasteiger charge is -2.20. The van der Waals surface area contributed by atoms with Crippen LogP contribution in [0.3, 0.4) is 0 Å². The number of nitrogens with one attached hydrogen (secondary N) is 1. The van der Waals surface area contributed by atoms with Crippen LogP contribution in [0.25, 0.3) is 0 Å². The summed E-state index contributed by atoms with van der Waals surface area (Å²) in [5.41, 5.74) is 0.358. The number of carbonyl (C=O) groups is 1. The molecular formula is C16H29NO2. The second-order valence-corrected chi connectivity index (χ2v) is 5.61. The lowest BCUT2D eigenvalue weighted by molar-refractivity contribution is -0.133. The Morgan fingerprint density at radius 2 is 1.37 bits per heavy atom. The number of carboxylic acids is 1. The molecule has 2 N–H and O–H groups in total. The van der Waals surface area contributed by atoms with Gasteiger partial charge in [0, 0.05) is 6.04 Å². The first-order valence-corrected chi connectivity index (χ1v) is 7.90. The highest BCUT2D eigenvalue weighted by Gasteiger charge is 2.13. The fraction of sp³-hybridized carbons (Fsp3) is 0.812. The smallest absolute Gasteiger partial charge is 0.351 e. The van der Waals surface area contributed by atoms with Crippen molar-refractivity contribution in [2.75, 3.05) is 0 Å².